The standard InChI is InChI=1S/C20H33NO6Si/c1-14(18-21-16(13-26-18)19(23)25-6)17(24-5)12-15(10-9-11-22)27-28(7,8)20(2,3)4/h9-11,13-15,17H,12H2,1-8H3/b10-9+/t14-,15+,17-/m1/s1. The fourth-order valence-electron chi connectivity index (χ4n) is 2.48. The third-order valence-electron chi connectivity index (χ3n) is 5.29. The number of carbonyl (C=O) groups excluding carboxylic acids is 2. The van der Waals surface area contributed by atoms with E-state index < -0.39 is 14.3 Å². The molecule has 0 amide bonds. The average Bonchev–Trinajstić information content (AvgIpc) is 3.11. The van der Waals surface area contributed by atoms with Crippen molar-refractivity contribution in [2.24, 2.45) is 0 Å². The number of allylic oxidation sites excluding steroid dienone is 1. The summed E-state index contributed by atoms with van der Waals surface area (Å²) >= 11 is 0. The summed E-state index contributed by atoms with van der Waals surface area (Å²) in [4.78, 5) is 26.7. The quantitative estimate of drug-likeness (QED) is 0.248. The van der Waals surface area contributed by atoms with E-state index in [0.29, 0.717) is 12.3 Å². The molecule has 0 aliphatic rings. The minimum atomic E-state index is -2.05. The van der Waals surface area contributed by atoms with E-state index in [1.54, 1.807) is 13.2 Å². The topological polar surface area (TPSA) is 87.9 Å². The van der Waals surface area contributed by atoms with Crippen LogP contribution in [0.4, 0.5) is 0 Å². The number of aromatic nitrogens is 1. The number of oxazole rings is 1. The van der Waals surface area contributed by atoms with Gasteiger partial charge in [-0.2, -0.15) is 0 Å². The lowest BCUT2D eigenvalue weighted by Gasteiger charge is -2.39. The smallest absolute Gasteiger partial charge is 0.360 e. The van der Waals surface area contributed by atoms with Crippen LogP contribution in [0.25, 0.3) is 0 Å². The highest BCUT2D eigenvalue weighted by molar-refractivity contribution is 6.74. The van der Waals surface area contributed by atoms with Crippen molar-refractivity contribution in [2.45, 2.75) is 70.4 Å². The van der Waals surface area contributed by atoms with E-state index in [4.69, 9.17) is 13.6 Å². The van der Waals surface area contributed by atoms with Crippen molar-refractivity contribution in [3.05, 3.63) is 30.0 Å². The fourth-order valence-corrected chi connectivity index (χ4v) is 3.76. The first-order valence-electron chi connectivity index (χ1n) is 9.33. The molecule has 0 aliphatic heterocycles. The Morgan fingerprint density at radius 2 is 1.96 bits per heavy atom. The van der Waals surface area contributed by atoms with Crippen molar-refractivity contribution in [3.8, 4) is 0 Å². The third-order valence-corrected chi connectivity index (χ3v) is 9.79. The Hall–Kier alpha value is -1.77. The lowest BCUT2D eigenvalue weighted by atomic mass is 9.98. The van der Waals surface area contributed by atoms with Gasteiger partial charge in [0.1, 0.15) is 12.5 Å². The Kier molecular flexibility index (Phi) is 8.78. The van der Waals surface area contributed by atoms with Gasteiger partial charge in [-0.05, 0) is 24.2 Å². The first-order valence-corrected chi connectivity index (χ1v) is 12.2. The molecular formula is C20H33NO6Si. The molecule has 0 spiro atoms. The van der Waals surface area contributed by atoms with Gasteiger partial charge in [0.15, 0.2) is 19.9 Å². The number of hydrogen-bond donors (Lipinski definition) is 0. The predicted octanol–water partition coefficient (Wildman–Crippen LogP) is 4.12. The van der Waals surface area contributed by atoms with Gasteiger partial charge in [0.05, 0.1) is 25.2 Å². The van der Waals surface area contributed by atoms with Gasteiger partial charge in [-0.3, -0.25) is 4.79 Å². The van der Waals surface area contributed by atoms with E-state index in [9.17, 15) is 9.59 Å². The summed E-state index contributed by atoms with van der Waals surface area (Å²) in [6, 6.07) is 0. The van der Waals surface area contributed by atoms with Gasteiger partial charge in [-0.25, -0.2) is 9.78 Å². The summed E-state index contributed by atoms with van der Waals surface area (Å²) < 4.78 is 22.3. The highest BCUT2D eigenvalue weighted by Gasteiger charge is 2.39. The SMILES string of the molecule is COC(=O)c1coc([C@H](C)[C@@H](C[C@H](/C=C/C=O)O[Si](C)(C)C(C)(C)C)OC)n1. The molecule has 1 aromatic rings. The van der Waals surface area contributed by atoms with E-state index >= 15 is 0 Å². The van der Waals surface area contributed by atoms with Gasteiger partial charge in [-0.15, -0.1) is 0 Å². The molecule has 0 unspecified atom stereocenters. The molecule has 0 aliphatic carbocycles. The van der Waals surface area contributed by atoms with Crippen molar-refractivity contribution in [3.63, 3.8) is 0 Å². The summed E-state index contributed by atoms with van der Waals surface area (Å²) in [6.45, 7) is 12.7. The lowest BCUT2D eigenvalue weighted by molar-refractivity contribution is -0.104. The van der Waals surface area contributed by atoms with Gasteiger partial charge in [-0.1, -0.05) is 33.8 Å². The summed E-state index contributed by atoms with van der Waals surface area (Å²) in [7, 11) is 0.851. The number of nitrogens with zero attached hydrogens (tertiary/aromatic N) is 1. The van der Waals surface area contributed by atoms with Crippen LogP contribution in [0.3, 0.4) is 0 Å². The second-order valence-corrected chi connectivity index (χ2v) is 13.1. The molecule has 0 saturated carbocycles. The number of carbonyl (C=O) groups is 2. The normalized spacial score (nSPS) is 16.0. The zero-order valence-corrected chi connectivity index (χ0v) is 19.1. The Balaban J connectivity index is 3.00. The Morgan fingerprint density at radius 3 is 2.46 bits per heavy atom. The van der Waals surface area contributed by atoms with Crippen molar-refractivity contribution in [1.29, 1.82) is 0 Å². The van der Waals surface area contributed by atoms with Gasteiger partial charge in [0, 0.05) is 13.5 Å². The van der Waals surface area contributed by atoms with Crippen LogP contribution in [0, 0.1) is 0 Å². The number of hydrogen-bond acceptors (Lipinski definition) is 7. The van der Waals surface area contributed by atoms with E-state index in [2.05, 4.69) is 43.6 Å². The summed E-state index contributed by atoms with van der Waals surface area (Å²) in [6.07, 6.45) is 5.19. The molecule has 8 heteroatoms. The van der Waals surface area contributed by atoms with Crippen LogP contribution in [0.5, 0.6) is 0 Å². The molecule has 7 nitrogen and oxygen atoms in total. The lowest BCUT2D eigenvalue weighted by Crippen LogP contribution is -2.44. The van der Waals surface area contributed by atoms with Gasteiger partial charge < -0.3 is 18.3 Å². The molecule has 3 atom stereocenters. The number of ether oxygens (including phenoxy) is 2. The van der Waals surface area contributed by atoms with Crippen LogP contribution in [-0.4, -0.2) is 52.0 Å². The Bertz CT molecular complexity index is 676. The summed E-state index contributed by atoms with van der Waals surface area (Å²) in [5.41, 5.74) is 0.120. The van der Waals surface area contributed by atoms with Crippen LogP contribution < -0.4 is 0 Å². The maximum atomic E-state index is 11.6. The Morgan fingerprint density at radius 1 is 1.32 bits per heavy atom. The van der Waals surface area contributed by atoms with Gasteiger partial charge >= 0.3 is 5.97 Å². The molecule has 1 heterocycles. The molecule has 0 fully saturated rings. The molecule has 0 saturated heterocycles. The minimum absolute atomic E-state index is 0.0342. The second-order valence-electron chi connectivity index (χ2n) is 8.30. The average molecular weight is 412 g/mol. The molecule has 0 N–H and O–H groups in total. The van der Waals surface area contributed by atoms with E-state index in [-0.39, 0.29) is 28.9 Å². The van der Waals surface area contributed by atoms with Crippen LogP contribution >= 0.6 is 0 Å². The minimum Gasteiger partial charge on any atom is -0.464 e. The molecule has 1 aromatic heterocycles. The number of methoxy groups -OCH3 is 2. The molecule has 0 aromatic carbocycles. The molecular weight excluding hydrogens is 378 g/mol. The van der Waals surface area contributed by atoms with Crippen LogP contribution in [0.15, 0.2) is 22.8 Å². The van der Waals surface area contributed by atoms with Crippen molar-refractivity contribution >= 4 is 20.6 Å². The molecule has 158 valence electrons. The monoisotopic (exact) mass is 411 g/mol. The molecule has 28 heavy (non-hydrogen) atoms. The van der Waals surface area contributed by atoms with E-state index in [0.717, 1.165) is 6.29 Å². The zero-order chi connectivity index (χ0) is 21.5. The second kappa shape index (κ2) is 10.1. The highest BCUT2D eigenvalue weighted by atomic mass is 28.4. The third kappa shape index (κ3) is 6.39. The van der Waals surface area contributed by atoms with Crippen LogP contribution in [-0.2, 0) is 18.7 Å². The maximum Gasteiger partial charge on any atom is 0.360 e. The number of esters is 1. The largest absolute Gasteiger partial charge is 0.464 e. The van der Waals surface area contributed by atoms with Crippen molar-refractivity contribution < 1.29 is 27.9 Å². The first kappa shape index (κ1) is 24.3. The highest BCUT2D eigenvalue weighted by Crippen LogP contribution is 2.38. The van der Waals surface area contributed by atoms with Gasteiger partial charge in [0.25, 0.3) is 0 Å². The fraction of sp³-hybridized carbons (Fsp3) is 0.650. The first-order chi connectivity index (χ1) is 13.0. The summed E-state index contributed by atoms with van der Waals surface area (Å²) in [5.74, 6) is -0.388. The van der Waals surface area contributed by atoms with Crippen molar-refractivity contribution in [2.75, 3.05) is 14.2 Å². The zero-order valence-electron chi connectivity index (χ0n) is 18.1. The van der Waals surface area contributed by atoms with E-state index in [1.165, 1.54) is 19.4 Å². The summed E-state index contributed by atoms with van der Waals surface area (Å²) in [5, 5.41) is 0.0342. The van der Waals surface area contributed by atoms with E-state index in [1.807, 2.05) is 6.92 Å². The van der Waals surface area contributed by atoms with Crippen LogP contribution in [0.1, 0.15) is 56.4 Å². The number of aldehydes is 1. The van der Waals surface area contributed by atoms with Gasteiger partial charge in [0.2, 0.25) is 0 Å². The maximum absolute atomic E-state index is 11.6. The molecule has 0 radical (unpaired) electrons. The Labute approximate surface area is 168 Å². The molecule has 0 bridgehead atoms. The predicted molar refractivity (Wildman–Crippen MR) is 109 cm³/mol. The number of rotatable bonds is 10. The molecule has 1 rings (SSSR count). The van der Waals surface area contributed by atoms with Crippen molar-refractivity contribution in [1.82, 2.24) is 4.98 Å². The van der Waals surface area contributed by atoms with Crippen LogP contribution in [0.2, 0.25) is 18.1 Å².